The molecule has 1 N–H and O–H groups in total. The van der Waals surface area contributed by atoms with Crippen LogP contribution in [0, 0.1) is 10.1 Å². The van der Waals surface area contributed by atoms with E-state index in [1.54, 1.807) is 12.1 Å². The van der Waals surface area contributed by atoms with Crippen molar-refractivity contribution >= 4 is 5.69 Å². The second-order valence-corrected chi connectivity index (χ2v) is 4.85. The molecule has 0 radical (unpaired) electrons. The summed E-state index contributed by atoms with van der Waals surface area (Å²) in [5.74, 6) is 0.776. The summed E-state index contributed by atoms with van der Waals surface area (Å²) in [6.07, 6.45) is 4.84. The summed E-state index contributed by atoms with van der Waals surface area (Å²) in [6.45, 7) is 3.43. The Balaban J connectivity index is 2.16. The number of nitrogens with one attached hydrogen (secondary N) is 1. The maximum absolute atomic E-state index is 10.8. The molecule has 0 saturated heterocycles. The molecule has 0 bridgehead atoms. The molecule has 0 heterocycles. The smallest absolute Gasteiger partial charge is 0.270 e. The number of nitro benzene ring substituents is 1. The molecule has 0 aromatic heterocycles. The molecule has 19 heavy (non-hydrogen) atoms. The average Bonchev–Trinajstić information content (AvgIpc) is 2.90. The highest BCUT2D eigenvalue weighted by molar-refractivity contribution is 5.44. The third-order valence-electron chi connectivity index (χ3n) is 3.42. The Morgan fingerprint density at radius 1 is 1.42 bits per heavy atom. The fraction of sp³-hybridized carbons (Fsp3) is 0.571. The monoisotopic (exact) mass is 264 g/mol. The maximum Gasteiger partial charge on any atom is 0.270 e. The highest BCUT2D eigenvalue weighted by atomic mass is 16.6. The summed E-state index contributed by atoms with van der Waals surface area (Å²) in [7, 11) is 0. The number of ether oxygens (including phenoxy) is 1. The number of benzene rings is 1. The van der Waals surface area contributed by atoms with Crippen LogP contribution in [0.4, 0.5) is 5.69 Å². The Morgan fingerprint density at radius 2 is 2.16 bits per heavy atom. The van der Waals surface area contributed by atoms with E-state index in [4.69, 9.17) is 4.74 Å². The van der Waals surface area contributed by atoms with Crippen molar-refractivity contribution in [3.05, 3.63) is 33.9 Å². The van der Waals surface area contributed by atoms with Crippen LogP contribution in [0.5, 0.6) is 5.75 Å². The molecule has 1 saturated carbocycles. The predicted octanol–water partition coefficient (Wildman–Crippen LogP) is 3.03. The Kier molecular flexibility index (Phi) is 4.74. The standard InChI is InChI=1S/C14H20N2O3/c1-2-15-10-11-9-12(16(17)18)7-8-14(11)19-13-5-3-4-6-13/h7-9,13,15H,2-6,10H2,1H3. The van der Waals surface area contributed by atoms with Gasteiger partial charge in [0, 0.05) is 24.2 Å². The molecule has 0 amide bonds. The summed E-state index contributed by atoms with van der Waals surface area (Å²) in [5, 5.41) is 14.0. The Bertz CT molecular complexity index is 442. The fourth-order valence-corrected chi connectivity index (χ4v) is 2.38. The Hall–Kier alpha value is -1.62. The van der Waals surface area contributed by atoms with Gasteiger partial charge in [-0.1, -0.05) is 6.92 Å². The van der Waals surface area contributed by atoms with Gasteiger partial charge in [-0.05, 0) is 38.3 Å². The second-order valence-electron chi connectivity index (χ2n) is 4.85. The van der Waals surface area contributed by atoms with Crippen LogP contribution >= 0.6 is 0 Å². The third-order valence-corrected chi connectivity index (χ3v) is 3.42. The van der Waals surface area contributed by atoms with Gasteiger partial charge in [-0.15, -0.1) is 0 Å². The minimum atomic E-state index is -0.366. The second kappa shape index (κ2) is 6.52. The van der Waals surface area contributed by atoms with E-state index in [2.05, 4.69) is 5.32 Å². The van der Waals surface area contributed by atoms with E-state index >= 15 is 0 Å². The molecule has 1 aromatic rings. The van der Waals surface area contributed by atoms with Crippen LogP contribution in [0.25, 0.3) is 0 Å². The summed E-state index contributed by atoms with van der Waals surface area (Å²) >= 11 is 0. The first-order valence-corrected chi connectivity index (χ1v) is 6.85. The van der Waals surface area contributed by atoms with Crippen LogP contribution in [0.2, 0.25) is 0 Å². The first-order chi connectivity index (χ1) is 9.20. The lowest BCUT2D eigenvalue weighted by Gasteiger charge is -2.16. The fourth-order valence-electron chi connectivity index (χ4n) is 2.38. The van der Waals surface area contributed by atoms with Crippen LogP contribution in [0.3, 0.4) is 0 Å². The van der Waals surface area contributed by atoms with Gasteiger partial charge in [-0.3, -0.25) is 10.1 Å². The van der Waals surface area contributed by atoms with Crippen molar-refractivity contribution in [2.75, 3.05) is 6.54 Å². The first-order valence-electron chi connectivity index (χ1n) is 6.85. The quantitative estimate of drug-likeness (QED) is 0.633. The molecular formula is C14H20N2O3. The van der Waals surface area contributed by atoms with Crippen molar-refractivity contribution in [2.24, 2.45) is 0 Å². The number of rotatable bonds is 6. The summed E-state index contributed by atoms with van der Waals surface area (Å²) in [6, 6.07) is 4.84. The van der Waals surface area contributed by atoms with Crippen LogP contribution in [-0.4, -0.2) is 17.6 Å². The molecule has 0 aliphatic heterocycles. The SMILES string of the molecule is CCNCc1cc([N+](=O)[O-])ccc1OC1CCCC1. The van der Waals surface area contributed by atoms with Crippen LogP contribution in [0.15, 0.2) is 18.2 Å². The van der Waals surface area contributed by atoms with E-state index in [9.17, 15) is 10.1 Å². The van der Waals surface area contributed by atoms with E-state index in [0.29, 0.717) is 6.54 Å². The summed E-state index contributed by atoms with van der Waals surface area (Å²) < 4.78 is 5.98. The lowest BCUT2D eigenvalue weighted by Crippen LogP contribution is -2.16. The van der Waals surface area contributed by atoms with Crippen molar-refractivity contribution in [3.8, 4) is 5.75 Å². The lowest BCUT2D eigenvalue weighted by atomic mass is 10.1. The zero-order valence-corrected chi connectivity index (χ0v) is 11.2. The number of nitro groups is 1. The van der Waals surface area contributed by atoms with Crippen molar-refractivity contribution in [1.29, 1.82) is 0 Å². The van der Waals surface area contributed by atoms with Crippen LogP contribution in [0.1, 0.15) is 38.2 Å². The van der Waals surface area contributed by atoms with Crippen molar-refractivity contribution in [1.82, 2.24) is 5.32 Å². The minimum Gasteiger partial charge on any atom is -0.490 e. The molecule has 1 aromatic carbocycles. The van der Waals surface area contributed by atoms with Crippen LogP contribution in [-0.2, 0) is 6.54 Å². The topological polar surface area (TPSA) is 64.4 Å². The molecule has 2 rings (SSSR count). The van der Waals surface area contributed by atoms with E-state index in [-0.39, 0.29) is 16.7 Å². The van der Waals surface area contributed by atoms with Gasteiger partial charge < -0.3 is 10.1 Å². The molecule has 5 heteroatoms. The largest absolute Gasteiger partial charge is 0.490 e. The molecule has 1 aliphatic rings. The molecule has 0 spiro atoms. The molecule has 0 unspecified atom stereocenters. The summed E-state index contributed by atoms with van der Waals surface area (Å²) in [5.41, 5.74) is 0.981. The maximum atomic E-state index is 10.8. The molecule has 1 fully saturated rings. The summed E-state index contributed by atoms with van der Waals surface area (Å²) in [4.78, 5) is 10.5. The number of hydrogen-bond acceptors (Lipinski definition) is 4. The Morgan fingerprint density at radius 3 is 2.79 bits per heavy atom. The highest BCUT2D eigenvalue weighted by Crippen LogP contribution is 2.29. The third kappa shape index (κ3) is 3.67. The van der Waals surface area contributed by atoms with E-state index in [1.165, 1.54) is 18.9 Å². The van der Waals surface area contributed by atoms with Gasteiger partial charge in [0.25, 0.3) is 5.69 Å². The first kappa shape index (κ1) is 13.8. The van der Waals surface area contributed by atoms with Gasteiger partial charge >= 0.3 is 0 Å². The molecule has 0 atom stereocenters. The number of non-ortho nitro benzene ring substituents is 1. The average molecular weight is 264 g/mol. The van der Waals surface area contributed by atoms with Gasteiger partial charge in [0.2, 0.25) is 0 Å². The molecular weight excluding hydrogens is 244 g/mol. The predicted molar refractivity (Wildman–Crippen MR) is 73.4 cm³/mol. The lowest BCUT2D eigenvalue weighted by molar-refractivity contribution is -0.384. The van der Waals surface area contributed by atoms with E-state index < -0.39 is 0 Å². The number of nitrogens with zero attached hydrogens (tertiary/aromatic N) is 1. The Labute approximate surface area is 113 Å². The van der Waals surface area contributed by atoms with Gasteiger partial charge in [0.05, 0.1) is 11.0 Å². The zero-order chi connectivity index (χ0) is 13.7. The van der Waals surface area contributed by atoms with Gasteiger partial charge in [0.15, 0.2) is 0 Å². The molecule has 1 aliphatic carbocycles. The van der Waals surface area contributed by atoms with Crippen LogP contribution < -0.4 is 10.1 Å². The normalized spacial score (nSPS) is 15.6. The van der Waals surface area contributed by atoms with Gasteiger partial charge in [0.1, 0.15) is 5.75 Å². The van der Waals surface area contributed by atoms with E-state index in [1.807, 2.05) is 6.92 Å². The zero-order valence-electron chi connectivity index (χ0n) is 11.2. The van der Waals surface area contributed by atoms with Crippen molar-refractivity contribution in [2.45, 2.75) is 45.3 Å². The van der Waals surface area contributed by atoms with Crippen molar-refractivity contribution in [3.63, 3.8) is 0 Å². The highest BCUT2D eigenvalue weighted by Gasteiger charge is 2.19. The molecule has 104 valence electrons. The van der Waals surface area contributed by atoms with Gasteiger partial charge in [-0.2, -0.15) is 0 Å². The minimum absolute atomic E-state index is 0.117. The van der Waals surface area contributed by atoms with Crippen molar-refractivity contribution < 1.29 is 9.66 Å². The van der Waals surface area contributed by atoms with E-state index in [0.717, 1.165) is 30.7 Å². The number of hydrogen-bond donors (Lipinski definition) is 1. The molecule has 5 nitrogen and oxygen atoms in total. The van der Waals surface area contributed by atoms with Gasteiger partial charge in [-0.25, -0.2) is 0 Å².